The van der Waals surface area contributed by atoms with E-state index in [0.717, 1.165) is 12.1 Å². The molecule has 0 atom stereocenters. The lowest BCUT2D eigenvalue weighted by Crippen LogP contribution is -2.31. The molecule has 0 aromatic heterocycles. The minimum atomic E-state index is -4.41. The van der Waals surface area contributed by atoms with Crippen LogP contribution in [0.4, 0.5) is 13.2 Å². The number of benzene rings is 2. The summed E-state index contributed by atoms with van der Waals surface area (Å²) in [5.74, 6) is -0.328. The first-order chi connectivity index (χ1) is 12.6. The fourth-order valence-electron chi connectivity index (χ4n) is 2.33. The smallest absolute Gasteiger partial charge is 0.341 e. The number of rotatable bonds is 7. The van der Waals surface area contributed by atoms with Crippen molar-refractivity contribution in [1.29, 1.82) is 0 Å². The minimum absolute atomic E-state index is 0.0663. The van der Waals surface area contributed by atoms with Crippen LogP contribution in [0.2, 0.25) is 0 Å². The van der Waals surface area contributed by atoms with Crippen LogP contribution in [0.3, 0.4) is 0 Å². The van der Waals surface area contributed by atoms with Crippen LogP contribution >= 0.6 is 0 Å². The molecule has 2 aromatic carbocycles. The van der Waals surface area contributed by atoms with Crippen molar-refractivity contribution in [3.05, 3.63) is 65.7 Å². The van der Waals surface area contributed by atoms with Crippen molar-refractivity contribution in [3.63, 3.8) is 0 Å². The lowest BCUT2D eigenvalue weighted by molar-refractivity contribution is -0.137. The third-order valence-corrected chi connectivity index (χ3v) is 5.29. The molecule has 0 saturated heterocycles. The minimum Gasteiger partial charge on any atom is -0.341 e. The van der Waals surface area contributed by atoms with Crippen molar-refractivity contribution in [2.24, 2.45) is 0 Å². The molecule has 0 fully saturated rings. The van der Waals surface area contributed by atoms with E-state index >= 15 is 0 Å². The number of amides is 1. The van der Waals surface area contributed by atoms with Crippen LogP contribution in [0.5, 0.6) is 0 Å². The molecule has 0 aliphatic rings. The molecule has 0 radical (unpaired) electrons. The van der Waals surface area contributed by atoms with Gasteiger partial charge in [-0.05, 0) is 29.8 Å². The van der Waals surface area contributed by atoms with E-state index in [1.165, 1.54) is 36.2 Å². The SMILES string of the molecule is CN(Cc1ccc(C(F)(F)F)cc1)C(=O)CCNS(=O)(=O)c1ccccc1. The lowest BCUT2D eigenvalue weighted by Gasteiger charge is -2.18. The zero-order valence-corrected chi connectivity index (χ0v) is 15.3. The van der Waals surface area contributed by atoms with E-state index < -0.39 is 21.8 Å². The highest BCUT2D eigenvalue weighted by Crippen LogP contribution is 2.29. The normalized spacial score (nSPS) is 12.0. The first-order valence-corrected chi connectivity index (χ1v) is 9.53. The van der Waals surface area contributed by atoms with Crippen LogP contribution in [0, 0.1) is 0 Å². The van der Waals surface area contributed by atoms with Crippen LogP contribution in [-0.4, -0.2) is 32.8 Å². The highest BCUT2D eigenvalue weighted by atomic mass is 32.2. The summed E-state index contributed by atoms with van der Waals surface area (Å²) in [6.07, 6.45) is -4.47. The molecule has 5 nitrogen and oxygen atoms in total. The largest absolute Gasteiger partial charge is 0.416 e. The van der Waals surface area contributed by atoms with E-state index in [4.69, 9.17) is 0 Å². The van der Waals surface area contributed by atoms with E-state index in [1.807, 2.05) is 0 Å². The van der Waals surface area contributed by atoms with Crippen molar-refractivity contribution >= 4 is 15.9 Å². The van der Waals surface area contributed by atoms with Gasteiger partial charge in [0.2, 0.25) is 15.9 Å². The number of halogens is 3. The van der Waals surface area contributed by atoms with Crippen LogP contribution in [0.15, 0.2) is 59.5 Å². The standard InChI is InChI=1S/C18H19F3N2O3S/c1-23(13-14-7-9-15(10-8-14)18(19,20)21)17(24)11-12-22-27(25,26)16-5-3-2-4-6-16/h2-10,22H,11-13H2,1H3. The van der Waals surface area contributed by atoms with Crippen molar-refractivity contribution < 1.29 is 26.4 Å². The van der Waals surface area contributed by atoms with Gasteiger partial charge in [-0.15, -0.1) is 0 Å². The van der Waals surface area contributed by atoms with Gasteiger partial charge >= 0.3 is 6.18 Å². The Balaban J connectivity index is 1.85. The highest BCUT2D eigenvalue weighted by molar-refractivity contribution is 7.89. The van der Waals surface area contributed by atoms with Gasteiger partial charge in [0.25, 0.3) is 0 Å². The summed E-state index contributed by atoms with van der Waals surface area (Å²) in [5, 5.41) is 0. The number of alkyl halides is 3. The molecule has 146 valence electrons. The molecule has 9 heteroatoms. The number of carbonyl (C=O) groups excluding carboxylic acids is 1. The highest BCUT2D eigenvalue weighted by Gasteiger charge is 2.30. The first-order valence-electron chi connectivity index (χ1n) is 8.04. The second-order valence-electron chi connectivity index (χ2n) is 5.91. The van der Waals surface area contributed by atoms with Crippen LogP contribution in [0.1, 0.15) is 17.5 Å². The van der Waals surface area contributed by atoms with Crippen LogP contribution < -0.4 is 4.72 Å². The van der Waals surface area contributed by atoms with Gasteiger partial charge in [0, 0.05) is 26.6 Å². The maximum Gasteiger partial charge on any atom is 0.416 e. The molecule has 1 amide bonds. The van der Waals surface area contributed by atoms with Gasteiger partial charge in [-0.2, -0.15) is 13.2 Å². The topological polar surface area (TPSA) is 66.5 Å². The Morgan fingerprint density at radius 2 is 1.63 bits per heavy atom. The van der Waals surface area contributed by atoms with E-state index in [9.17, 15) is 26.4 Å². The number of carbonyl (C=O) groups is 1. The molecule has 0 heterocycles. The second-order valence-corrected chi connectivity index (χ2v) is 7.67. The summed E-state index contributed by atoms with van der Waals surface area (Å²) in [6.45, 7) is 0.0514. The summed E-state index contributed by atoms with van der Waals surface area (Å²) >= 11 is 0. The number of hydrogen-bond acceptors (Lipinski definition) is 3. The number of nitrogens with one attached hydrogen (secondary N) is 1. The summed E-state index contributed by atoms with van der Waals surface area (Å²) in [7, 11) is -2.18. The van der Waals surface area contributed by atoms with Gasteiger partial charge in [0.15, 0.2) is 0 Å². The fraction of sp³-hybridized carbons (Fsp3) is 0.278. The Hall–Kier alpha value is -2.39. The zero-order chi connectivity index (χ0) is 20.1. The van der Waals surface area contributed by atoms with E-state index in [1.54, 1.807) is 18.2 Å². The van der Waals surface area contributed by atoms with Crippen molar-refractivity contribution in [2.75, 3.05) is 13.6 Å². The van der Waals surface area contributed by atoms with Gasteiger partial charge in [-0.1, -0.05) is 30.3 Å². The molecule has 0 saturated carbocycles. The Labute approximate surface area is 155 Å². The summed E-state index contributed by atoms with van der Waals surface area (Å²) < 4.78 is 64.1. The summed E-state index contributed by atoms with van der Waals surface area (Å²) in [4.78, 5) is 13.5. The Morgan fingerprint density at radius 3 is 2.19 bits per heavy atom. The second kappa shape index (κ2) is 8.53. The third kappa shape index (κ3) is 6.07. The summed E-state index contributed by atoms with van der Waals surface area (Å²) in [5.41, 5.74) is -0.209. The Kier molecular flexibility index (Phi) is 6.61. The van der Waals surface area contributed by atoms with Crippen molar-refractivity contribution in [2.45, 2.75) is 24.0 Å². The molecular weight excluding hydrogens is 381 g/mol. The van der Waals surface area contributed by atoms with E-state index in [-0.39, 0.29) is 30.3 Å². The van der Waals surface area contributed by atoms with Gasteiger partial charge in [-0.3, -0.25) is 4.79 Å². The molecule has 27 heavy (non-hydrogen) atoms. The van der Waals surface area contributed by atoms with Crippen molar-refractivity contribution in [1.82, 2.24) is 9.62 Å². The maximum atomic E-state index is 12.5. The summed E-state index contributed by atoms with van der Waals surface area (Å²) in [6, 6.07) is 12.3. The molecule has 2 aromatic rings. The van der Waals surface area contributed by atoms with E-state index in [2.05, 4.69) is 4.72 Å². The molecule has 2 rings (SSSR count). The molecular formula is C18H19F3N2O3S. The van der Waals surface area contributed by atoms with Gasteiger partial charge < -0.3 is 4.90 Å². The maximum absolute atomic E-state index is 12.5. The molecule has 0 spiro atoms. The quantitative estimate of drug-likeness (QED) is 0.777. The average Bonchev–Trinajstić information content (AvgIpc) is 2.62. The monoisotopic (exact) mass is 400 g/mol. The van der Waals surface area contributed by atoms with Crippen molar-refractivity contribution in [3.8, 4) is 0 Å². The van der Waals surface area contributed by atoms with Crippen LogP contribution in [-0.2, 0) is 27.5 Å². The zero-order valence-electron chi connectivity index (χ0n) is 14.5. The molecule has 0 aliphatic heterocycles. The molecule has 0 bridgehead atoms. The number of hydrogen-bond donors (Lipinski definition) is 1. The predicted molar refractivity (Wildman–Crippen MR) is 94.2 cm³/mol. The van der Waals surface area contributed by atoms with Gasteiger partial charge in [0.05, 0.1) is 10.5 Å². The number of sulfonamides is 1. The fourth-order valence-corrected chi connectivity index (χ4v) is 3.38. The van der Waals surface area contributed by atoms with Gasteiger partial charge in [-0.25, -0.2) is 13.1 Å². The lowest BCUT2D eigenvalue weighted by atomic mass is 10.1. The first kappa shape index (κ1) is 20.9. The molecule has 0 aliphatic carbocycles. The molecule has 0 unspecified atom stereocenters. The van der Waals surface area contributed by atoms with E-state index in [0.29, 0.717) is 5.56 Å². The Morgan fingerprint density at radius 1 is 1.04 bits per heavy atom. The Bertz CT molecular complexity index is 867. The molecule has 1 N–H and O–H groups in total. The average molecular weight is 400 g/mol. The third-order valence-electron chi connectivity index (χ3n) is 3.81. The van der Waals surface area contributed by atoms with Crippen LogP contribution in [0.25, 0.3) is 0 Å². The predicted octanol–water partition coefficient (Wildman–Crippen LogP) is 3.03. The number of nitrogens with zero attached hydrogens (tertiary/aromatic N) is 1. The van der Waals surface area contributed by atoms with Gasteiger partial charge in [0.1, 0.15) is 0 Å².